The van der Waals surface area contributed by atoms with Gasteiger partial charge in [0.15, 0.2) is 0 Å². The molecule has 0 saturated heterocycles. The normalized spacial score (nSPS) is 10.7. The van der Waals surface area contributed by atoms with Crippen LogP contribution in [0.3, 0.4) is 0 Å². The summed E-state index contributed by atoms with van der Waals surface area (Å²) in [5, 5.41) is 8.54. The smallest absolute Gasteiger partial charge is 0.404 e. The standard InChI is InChI=1S/C12H10F2N2O3/c13-4-8(7-19-12(16)17)6-18-10-2-1-9(5-15)11(14)3-10/h1-4H,6-7H2,(H2,16,17)/b8-4+. The maximum Gasteiger partial charge on any atom is 0.404 e. The number of primary amides is 1. The summed E-state index contributed by atoms with van der Waals surface area (Å²) < 4.78 is 35.1. The zero-order valence-electron chi connectivity index (χ0n) is 9.73. The average molecular weight is 268 g/mol. The van der Waals surface area contributed by atoms with Crippen molar-refractivity contribution in [1.82, 2.24) is 0 Å². The van der Waals surface area contributed by atoms with E-state index in [9.17, 15) is 13.6 Å². The van der Waals surface area contributed by atoms with Crippen LogP contribution in [0.1, 0.15) is 5.56 Å². The van der Waals surface area contributed by atoms with Crippen LogP contribution >= 0.6 is 0 Å². The van der Waals surface area contributed by atoms with Gasteiger partial charge in [0.05, 0.1) is 11.9 Å². The molecule has 0 fully saturated rings. The highest BCUT2D eigenvalue weighted by atomic mass is 19.1. The lowest BCUT2D eigenvalue weighted by atomic mass is 10.2. The quantitative estimate of drug-likeness (QED) is 0.885. The number of carbonyl (C=O) groups excluding carboxylic acids is 1. The third-order valence-corrected chi connectivity index (χ3v) is 2.04. The number of halogens is 2. The number of amides is 1. The van der Waals surface area contributed by atoms with E-state index in [-0.39, 0.29) is 36.4 Å². The number of rotatable bonds is 5. The summed E-state index contributed by atoms with van der Waals surface area (Å²) in [4.78, 5) is 10.3. The highest BCUT2D eigenvalue weighted by Gasteiger charge is 2.06. The van der Waals surface area contributed by atoms with Crippen molar-refractivity contribution in [3.8, 4) is 11.8 Å². The third-order valence-electron chi connectivity index (χ3n) is 2.04. The van der Waals surface area contributed by atoms with Crippen LogP contribution in [0.2, 0.25) is 0 Å². The molecule has 1 amide bonds. The molecule has 0 unspecified atom stereocenters. The number of hydrogen-bond donors (Lipinski definition) is 1. The second-order valence-corrected chi connectivity index (χ2v) is 3.42. The average Bonchev–Trinajstić information content (AvgIpc) is 2.39. The van der Waals surface area contributed by atoms with Crippen LogP contribution in [0.15, 0.2) is 30.1 Å². The van der Waals surface area contributed by atoms with Crippen molar-refractivity contribution in [2.45, 2.75) is 0 Å². The molecule has 0 atom stereocenters. The summed E-state index contributed by atoms with van der Waals surface area (Å²) in [7, 11) is 0. The van der Waals surface area contributed by atoms with E-state index in [1.54, 1.807) is 6.07 Å². The van der Waals surface area contributed by atoms with Crippen molar-refractivity contribution in [1.29, 1.82) is 5.26 Å². The zero-order chi connectivity index (χ0) is 14.3. The number of nitriles is 1. The molecule has 0 radical (unpaired) electrons. The molecule has 19 heavy (non-hydrogen) atoms. The van der Waals surface area contributed by atoms with Crippen molar-refractivity contribution in [3.05, 3.63) is 41.5 Å². The number of ether oxygens (including phenoxy) is 2. The summed E-state index contributed by atoms with van der Waals surface area (Å²) in [5.74, 6) is -0.617. The van der Waals surface area contributed by atoms with Gasteiger partial charge in [0.25, 0.3) is 0 Å². The molecule has 0 aliphatic rings. The van der Waals surface area contributed by atoms with Crippen LogP contribution in [-0.4, -0.2) is 19.3 Å². The molecule has 0 saturated carbocycles. The highest BCUT2D eigenvalue weighted by molar-refractivity contribution is 5.64. The summed E-state index contributed by atoms with van der Waals surface area (Å²) >= 11 is 0. The molecule has 100 valence electrons. The Hall–Kier alpha value is -2.62. The minimum atomic E-state index is -1.04. The van der Waals surface area contributed by atoms with Gasteiger partial charge in [-0.05, 0) is 12.1 Å². The summed E-state index contributed by atoms with van der Waals surface area (Å²) in [5.41, 5.74) is 4.62. The van der Waals surface area contributed by atoms with Crippen LogP contribution in [-0.2, 0) is 4.74 Å². The minimum Gasteiger partial charge on any atom is -0.489 e. The van der Waals surface area contributed by atoms with Crippen LogP contribution < -0.4 is 10.5 Å². The van der Waals surface area contributed by atoms with Gasteiger partial charge in [0.2, 0.25) is 0 Å². The molecular formula is C12H10F2N2O3. The summed E-state index contributed by atoms with van der Waals surface area (Å²) in [6.45, 7) is -0.598. The summed E-state index contributed by atoms with van der Waals surface area (Å²) in [6, 6.07) is 5.27. The van der Waals surface area contributed by atoms with Crippen molar-refractivity contribution < 1.29 is 23.0 Å². The van der Waals surface area contributed by atoms with Gasteiger partial charge in [-0.1, -0.05) is 0 Å². The van der Waals surface area contributed by atoms with E-state index in [1.807, 2.05) is 0 Å². The van der Waals surface area contributed by atoms with E-state index in [2.05, 4.69) is 4.74 Å². The van der Waals surface area contributed by atoms with Gasteiger partial charge in [-0.15, -0.1) is 0 Å². The van der Waals surface area contributed by atoms with Crippen LogP contribution in [0.4, 0.5) is 13.6 Å². The van der Waals surface area contributed by atoms with E-state index in [0.29, 0.717) is 0 Å². The van der Waals surface area contributed by atoms with Gasteiger partial charge in [-0.25, -0.2) is 13.6 Å². The number of benzene rings is 1. The van der Waals surface area contributed by atoms with Gasteiger partial charge in [0, 0.05) is 11.6 Å². The fourth-order valence-electron chi connectivity index (χ4n) is 1.12. The molecule has 7 heteroatoms. The maximum absolute atomic E-state index is 13.2. The monoisotopic (exact) mass is 268 g/mol. The minimum absolute atomic E-state index is 0.0172. The second kappa shape index (κ2) is 6.96. The Kier molecular flexibility index (Phi) is 5.29. The molecule has 0 aromatic heterocycles. The summed E-state index contributed by atoms with van der Waals surface area (Å²) in [6.07, 6.45) is -0.827. The largest absolute Gasteiger partial charge is 0.489 e. The number of hydrogen-bond acceptors (Lipinski definition) is 4. The molecule has 0 heterocycles. The third kappa shape index (κ3) is 4.63. The molecule has 0 spiro atoms. The van der Waals surface area contributed by atoms with E-state index in [1.165, 1.54) is 12.1 Å². The van der Waals surface area contributed by atoms with Crippen molar-refractivity contribution in [2.75, 3.05) is 13.2 Å². The molecule has 1 aromatic carbocycles. The lowest BCUT2D eigenvalue weighted by molar-refractivity contribution is 0.162. The molecule has 0 bridgehead atoms. The van der Waals surface area contributed by atoms with E-state index in [0.717, 1.165) is 6.07 Å². The van der Waals surface area contributed by atoms with Crippen LogP contribution in [0.25, 0.3) is 0 Å². The number of nitrogens with zero attached hydrogens (tertiary/aromatic N) is 1. The number of carbonyl (C=O) groups is 1. The van der Waals surface area contributed by atoms with Gasteiger partial charge in [0.1, 0.15) is 30.8 Å². The SMILES string of the molecule is N#Cc1ccc(OC/C(=C\F)COC(N)=O)cc1F. The van der Waals surface area contributed by atoms with Crippen LogP contribution in [0.5, 0.6) is 5.75 Å². The van der Waals surface area contributed by atoms with E-state index >= 15 is 0 Å². The first-order valence-electron chi connectivity index (χ1n) is 5.09. The first-order valence-corrected chi connectivity index (χ1v) is 5.09. The first-order chi connectivity index (χ1) is 9.06. The van der Waals surface area contributed by atoms with E-state index < -0.39 is 11.9 Å². The van der Waals surface area contributed by atoms with Gasteiger partial charge in [-0.2, -0.15) is 5.26 Å². The van der Waals surface area contributed by atoms with E-state index in [4.69, 9.17) is 15.7 Å². The predicted octanol–water partition coefficient (Wildman–Crippen LogP) is 2.02. The van der Waals surface area contributed by atoms with Crippen molar-refractivity contribution >= 4 is 6.09 Å². The fraction of sp³-hybridized carbons (Fsp3) is 0.167. The zero-order valence-corrected chi connectivity index (χ0v) is 9.73. The molecule has 5 nitrogen and oxygen atoms in total. The Balaban J connectivity index is 2.58. The Labute approximate surface area is 107 Å². The Bertz CT molecular complexity index is 538. The van der Waals surface area contributed by atoms with Gasteiger partial charge in [-0.3, -0.25) is 0 Å². The van der Waals surface area contributed by atoms with Gasteiger partial charge < -0.3 is 15.2 Å². The predicted molar refractivity (Wildman–Crippen MR) is 61.3 cm³/mol. The molecular weight excluding hydrogens is 258 g/mol. The highest BCUT2D eigenvalue weighted by Crippen LogP contribution is 2.16. The Morgan fingerprint density at radius 2 is 2.21 bits per heavy atom. The topological polar surface area (TPSA) is 85.3 Å². The second-order valence-electron chi connectivity index (χ2n) is 3.42. The van der Waals surface area contributed by atoms with Crippen molar-refractivity contribution in [3.63, 3.8) is 0 Å². The molecule has 2 N–H and O–H groups in total. The Morgan fingerprint density at radius 3 is 2.74 bits per heavy atom. The molecule has 0 aliphatic carbocycles. The molecule has 1 aromatic rings. The maximum atomic E-state index is 13.2. The van der Waals surface area contributed by atoms with Crippen LogP contribution in [0, 0.1) is 17.1 Å². The Morgan fingerprint density at radius 1 is 1.47 bits per heavy atom. The first kappa shape index (κ1) is 14.4. The van der Waals surface area contributed by atoms with Gasteiger partial charge >= 0.3 is 6.09 Å². The lowest BCUT2D eigenvalue weighted by Gasteiger charge is -2.09. The number of nitrogens with two attached hydrogens (primary N) is 1. The van der Waals surface area contributed by atoms with Crippen molar-refractivity contribution in [2.24, 2.45) is 5.73 Å². The lowest BCUT2D eigenvalue weighted by Crippen LogP contribution is -2.16. The molecule has 1 rings (SSSR count). The fourth-order valence-corrected chi connectivity index (χ4v) is 1.12. The molecule has 0 aliphatic heterocycles.